The molecule has 0 radical (unpaired) electrons. The molecule has 0 atom stereocenters. The molecule has 0 aromatic carbocycles. The predicted octanol–water partition coefficient (Wildman–Crippen LogP) is -1.06. The van der Waals surface area contributed by atoms with Crippen molar-refractivity contribution in [3.05, 3.63) is 12.2 Å². The van der Waals surface area contributed by atoms with E-state index >= 15 is 0 Å². The molecule has 0 saturated carbocycles. The summed E-state index contributed by atoms with van der Waals surface area (Å²) in [6.07, 6.45) is 3.11. The molecule has 1 aliphatic heterocycles. The molecule has 0 bridgehead atoms. The zero-order chi connectivity index (χ0) is 12.9. The Morgan fingerprint density at radius 2 is 2.24 bits per heavy atom. The lowest BCUT2D eigenvalue weighted by Crippen LogP contribution is -2.51. The summed E-state index contributed by atoms with van der Waals surface area (Å²) in [6.45, 7) is 2.40. The van der Waals surface area contributed by atoms with Crippen LogP contribution in [-0.4, -0.2) is 56.3 Å². The number of carbonyl (C=O) groups excluding carboxylic acids is 2. The molecule has 1 aliphatic rings. The monoisotopic (exact) mass is 260 g/mol. The highest BCUT2D eigenvalue weighted by atomic mass is 32.2. The molecule has 2 amide bonds. The van der Waals surface area contributed by atoms with Crippen molar-refractivity contribution in [1.29, 1.82) is 0 Å². The average molecular weight is 260 g/mol. The first-order chi connectivity index (χ1) is 7.94. The molecular weight excluding hydrogens is 244 g/mol. The van der Waals surface area contributed by atoms with Gasteiger partial charge in [0.05, 0.1) is 12.3 Å². The van der Waals surface area contributed by atoms with Crippen LogP contribution in [0.25, 0.3) is 0 Å². The van der Waals surface area contributed by atoms with E-state index in [0.717, 1.165) is 0 Å². The quantitative estimate of drug-likeness (QED) is 0.653. The third kappa shape index (κ3) is 4.56. The fourth-order valence-electron chi connectivity index (χ4n) is 1.43. The highest BCUT2D eigenvalue weighted by Crippen LogP contribution is 1.99. The summed E-state index contributed by atoms with van der Waals surface area (Å²) in [7, 11) is -3.42. The molecular formula is C10H16N2O4S. The molecule has 96 valence electrons. The molecule has 0 aromatic rings. The van der Waals surface area contributed by atoms with Gasteiger partial charge in [0.25, 0.3) is 0 Å². The Bertz CT molecular complexity index is 428. The largest absolute Gasteiger partial charge is 0.353 e. The van der Waals surface area contributed by atoms with Gasteiger partial charge >= 0.3 is 0 Å². The Morgan fingerprint density at radius 1 is 1.53 bits per heavy atom. The summed E-state index contributed by atoms with van der Waals surface area (Å²) in [4.78, 5) is 24.0. The number of carbonyl (C=O) groups is 2. The molecule has 1 heterocycles. The van der Waals surface area contributed by atoms with E-state index < -0.39 is 21.5 Å². The zero-order valence-electron chi connectivity index (χ0n) is 9.68. The molecule has 0 spiro atoms. The molecule has 7 heteroatoms. The normalized spacial score (nSPS) is 17.2. The molecule has 1 rings (SSSR count). The topological polar surface area (TPSA) is 83.6 Å². The second-order valence-electron chi connectivity index (χ2n) is 3.79. The van der Waals surface area contributed by atoms with Crippen LogP contribution < -0.4 is 5.32 Å². The number of nitrogens with zero attached hydrogens (tertiary/aromatic N) is 1. The standard InChI is InChI=1S/C10H16N2O4S/c1-2-3-6-17(15,16)8-10(14)12-5-4-11-9(13)7-12/h2-3H,4-8H2,1H3,(H,11,13)/b3-2+. The predicted molar refractivity (Wildman–Crippen MR) is 63.1 cm³/mol. The van der Waals surface area contributed by atoms with E-state index in [4.69, 9.17) is 0 Å². The maximum Gasteiger partial charge on any atom is 0.239 e. The number of nitrogens with one attached hydrogen (secondary N) is 1. The van der Waals surface area contributed by atoms with Gasteiger partial charge in [0, 0.05) is 13.1 Å². The summed E-state index contributed by atoms with van der Waals surface area (Å²) in [6, 6.07) is 0. The minimum atomic E-state index is -3.42. The first-order valence-corrected chi connectivity index (χ1v) is 7.13. The molecule has 17 heavy (non-hydrogen) atoms. The zero-order valence-corrected chi connectivity index (χ0v) is 10.5. The van der Waals surface area contributed by atoms with Crippen LogP contribution in [0, 0.1) is 0 Å². The molecule has 1 N–H and O–H groups in total. The maximum atomic E-state index is 11.7. The lowest BCUT2D eigenvalue weighted by atomic mass is 10.3. The third-order valence-electron chi connectivity index (χ3n) is 2.32. The Labute approximate surface area is 101 Å². The van der Waals surface area contributed by atoms with Crippen LogP contribution in [-0.2, 0) is 19.4 Å². The number of rotatable bonds is 4. The van der Waals surface area contributed by atoms with Gasteiger partial charge in [-0.25, -0.2) is 8.42 Å². The van der Waals surface area contributed by atoms with Crippen molar-refractivity contribution in [2.24, 2.45) is 0 Å². The summed E-state index contributed by atoms with van der Waals surface area (Å²) in [5, 5.41) is 2.57. The fourth-order valence-corrected chi connectivity index (χ4v) is 2.59. The highest BCUT2D eigenvalue weighted by molar-refractivity contribution is 7.92. The number of amides is 2. The van der Waals surface area contributed by atoms with Crippen molar-refractivity contribution >= 4 is 21.7 Å². The van der Waals surface area contributed by atoms with Crippen LogP contribution in [0.2, 0.25) is 0 Å². The van der Waals surface area contributed by atoms with Crippen molar-refractivity contribution in [3.63, 3.8) is 0 Å². The van der Waals surface area contributed by atoms with Gasteiger partial charge in [0.1, 0.15) is 5.75 Å². The second-order valence-corrected chi connectivity index (χ2v) is 5.90. The van der Waals surface area contributed by atoms with Crippen molar-refractivity contribution in [3.8, 4) is 0 Å². The number of piperazine rings is 1. The van der Waals surface area contributed by atoms with Gasteiger partial charge in [-0.1, -0.05) is 12.2 Å². The number of allylic oxidation sites excluding steroid dienone is 1. The van der Waals surface area contributed by atoms with Crippen LogP contribution in [0.5, 0.6) is 0 Å². The summed E-state index contributed by atoms with van der Waals surface area (Å²) >= 11 is 0. The van der Waals surface area contributed by atoms with Crippen LogP contribution in [0.1, 0.15) is 6.92 Å². The lowest BCUT2D eigenvalue weighted by Gasteiger charge is -2.26. The van der Waals surface area contributed by atoms with Gasteiger partial charge in [0.15, 0.2) is 9.84 Å². The fraction of sp³-hybridized carbons (Fsp3) is 0.600. The van der Waals surface area contributed by atoms with Crippen LogP contribution in [0.4, 0.5) is 0 Å². The number of sulfone groups is 1. The molecule has 0 aliphatic carbocycles. The summed E-state index contributed by atoms with van der Waals surface area (Å²) in [5.41, 5.74) is 0. The van der Waals surface area contributed by atoms with Crippen LogP contribution in [0.15, 0.2) is 12.2 Å². The SMILES string of the molecule is C/C=C/CS(=O)(=O)CC(=O)N1CCNC(=O)C1. The summed E-state index contributed by atoms with van der Waals surface area (Å²) < 4.78 is 23.0. The van der Waals surface area contributed by atoms with Gasteiger partial charge in [-0.2, -0.15) is 0 Å². The van der Waals surface area contributed by atoms with Gasteiger partial charge in [0.2, 0.25) is 11.8 Å². The second kappa shape index (κ2) is 5.81. The Kier molecular flexibility index (Phi) is 4.68. The number of hydrogen-bond acceptors (Lipinski definition) is 4. The Balaban J connectivity index is 2.56. The van der Waals surface area contributed by atoms with Crippen molar-refractivity contribution in [2.45, 2.75) is 6.92 Å². The lowest BCUT2D eigenvalue weighted by molar-refractivity contribution is -0.136. The highest BCUT2D eigenvalue weighted by Gasteiger charge is 2.24. The van der Waals surface area contributed by atoms with Gasteiger partial charge < -0.3 is 10.2 Å². The van der Waals surface area contributed by atoms with E-state index in [0.29, 0.717) is 13.1 Å². The maximum absolute atomic E-state index is 11.7. The Hall–Kier alpha value is -1.37. The molecule has 1 fully saturated rings. The first-order valence-electron chi connectivity index (χ1n) is 5.30. The van der Waals surface area contributed by atoms with E-state index in [-0.39, 0.29) is 18.2 Å². The van der Waals surface area contributed by atoms with Gasteiger partial charge in [-0.3, -0.25) is 9.59 Å². The third-order valence-corrected chi connectivity index (χ3v) is 3.71. The van der Waals surface area contributed by atoms with E-state index in [9.17, 15) is 18.0 Å². The first kappa shape index (κ1) is 13.7. The van der Waals surface area contributed by atoms with Crippen LogP contribution >= 0.6 is 0 Å². The summed E-state index contributed by atoms with van der Waals surface area (Å²) in [5.74, 6) is -1.44. The molecule has 1 saturated heterocycles. The van der Waals surface area contributed by atoms with Crippen molar-refractivity contribution in [1.82, 2.24) is 10.2 Å². The average Bonchev–Trinajstić information content (AvgIpc) is 2.26. The molecule has 0 aromatic heterocycles. The Morgan fingerprint density at radius 3 is 2.82 bits per heavy atom. The van der Waals surface area contributed by atoms with Gasteiger partial charge in [-0.15, -0.1) is 0 Å². The number of hydrogen-bond donors (Lipinski definition) is 1. The minimum absolute atomic E-state index is 0.0576. The van der Waals surface area contributed by atoms with E-state index in [1.54, 1.807) is 13.0 Å². The van der Waals surface area contributed by atoms with E-state index in [2.05, 4.69) is 5.32 Å². The molecule has 6 nitrogen and oxygen atoms in total. The van der Waals surface area contributed by atoms with Crippen molar-refractivity contribution < 1.29 is 18.0 Å². The van der Waals surface area contributed by atoms with Gasteiger partial charge in [-0.05, 0) is 6.92 Å². The molecule has 0 unspecified atom stereocenters. The van der Waals surface area contributed by atoms with Crippen molar-refractivity contribution in [2.75, 3.05) is 31.1 Å². The minimum Gasteiger partial charge on any atom is -0.353 e. The van der Waals surface area contributed by atoms with E-state index in [1.165, 1.54) is 11.0 Å². The van der Waals surface area contributed by atoms with Crippen LogP contribution in [0.3, 0.4) is 0 Å². The van der Waals surface area contributed by atoms with E-state index in [1.807, 2.05) is 0 Å². The smallest absolute Gasteiger partial charge is 0.239 e.